The molecule has 9 nitrogen and oxygen atoms in total. The first kappa shape index (κ1) is 37.4. The van der Waals surface area contributed by atoms with Gasteiger partial charge in [-0.2, -0.15) is 5.01 Å². The Bertz CT molecular complexity index is 2540. The van der Waals surface area contributed by atoms with Gasteiger partial charge in [0, 0.05) is 42.0 Å². The molecule has 0 bridgehead atoms. The normalized spacial score (nSPS) is 27.2. The molecule has 4 fully saturated rings. The summed E-state index contributed by atoms with van der Waals surface area (Å²) in [4.78, 5) is 63.9. The molecule has 5 aromatic carbocycles. The second kappa shape index (κ2) is 14.5. The van der Waals surface area contributed by atoms with E-state index in [2.05, 4.69) is 28.5 Å². The largest absolute Gasteiger partial charge is 0.507 e. The van der Waals surface area contributed by atoms with Gasteiger partial charge in [-0.3, -0.25) is 34.4 Å². The average molecular weight is 809 g/mol. The number of allylic oxidation sites excluding steroid dienone is 2. The lowest BCUT2D eigenvalue weighted by atomic mass is 9.49. The molecule has 6 atom stereocenters. The number of piperidine rings is 1. The van der Waals surface area contributed by atoms with E-state index in [-0.39, 0.29) is 30.0 Å². The first-order valence-corrected chi connectivity index (χ1v) is 20.7. The van der Waals surface area contributed by atoms with Crippen LogP contribution < -0.4 is 5.43 Å². The molecule has 298 valence electrons. The number of fused-ring (bicyclic) bond motifs is 5. The number of anilines is 1. The lowest BCUT2D eigenvalue weighted by Crippen LogP contribution is -2.53. The fourth-order valence-electron chi connectivity index (χ4n) is 11.1. The maximum Gasteiger partial charge on any atom is 0.260 e. The Morgan fingerprint density at radius 1 is 0.763 bits per heavy atom. The molecule has 0 spiro atoms. The molecule has 3 saturated heterocycles. The number of nitrogens with one attached hydrogen (secondary N) is 1. The Balaban J connectivity index is 1.08. The van der Waals surface area contributed by atoms with Crippen molar-refractivity contribution in [3.8, 4) is 5.75 Å². The number of phenols is 1. The second-order valence-electron chi connectivity index (χ2n) is 16.6. The van der Waals surface area contributed by atoms with E-state index in [0.717, 1.165) is 35.8 Å². The van der Waals surface area contributed by atoms with Gasteiger partial charge in [-0.05, 0) is 96.1 Å². The van der Waals surface area contributed by atoms with Crippen LogP contribution in [0.5, 0.6) is 5.75 Å². The number of carbonyl (C=O) groups excluding carboxylic acids is 4. The van der Waals surface area contributed by atoms with Crippen LogP contribution in [-0.4, -0.2) is 62.7 Å². The summed E-state index contributed by atoms with van der Waals surface area (Å²) in [6.45, 7) is 2.32. The number of halogens is 2. The maximum absolute atomic E-state index is 15.6. The quantitative estimate of drug-likeness (QED) is 0.127. The van der Waals surface area contributed by atoms with Crippen LogP contribution in [0.1, 0.15) is 48.3 Å². The minimum Gasteiger partial charge on any atom is -0.507 e. The molecule has 59 heavy (non-hydrogen) atoms. The van der Waals surface area contributed by atoms with Crippen molar-refractivity contribution in [3.05, 3.63) is 154 Å². The van der Waals surface area contributed by atoms with Crippen LogP contribution in [0.25, 0.3) is 10.8 Å². The van der Waals surface area contributed by atoms with Crippen molar-refractivity contribution in [2.75, 3.05) is 18.5 Å². The Kier molecular flexibility index (Phi) is 9.18. The smallest absolute Gasteiger partial charge is 0.260 e. The van der Waals surface area contributed by atoms with Gasteiger partial charge in [0.25, 0.3) is 11.8 Å². The Hall–Kier alpha value is -5.84. The number of carbonyl (C=O) groups is 4. The fraction of sp³-hybridized carbons (Fsp3) is 0.292. The predicted octanol–water partition coefficient (Wildman–Crippen LogP) is 7.99. The van der Waals surface area contributed by atoms with Gasteiger partial charge in [-0.15, -0.1) is 0 Å². The number of hydrogen-bond donors (Lipinski definition) is 2. The Morgan fingerprint density at radius 3 is 2.19 bits per heavy atom. The lowest BCUT2D eigenvalue weighted by Gasteiger charge is -2.51. The first-order valence-electron chi connectivity index (χ1n) is 20.4. The zero-order valence-electron chi connectivity index (χ0n) is 32.1. The molecule has 6 unspecified atom stereocenters. The van der Waals surface area contributed by atoms with Crippen LogP contribution in [0.4, 0.5) is 10.1 Å². The molecule has 3 heterocycles. The van der Waals surface area contributed by atoms with Gasteiger partial charge in [0.2, 0.25) is 11.8 Å². The highest BCUT2D eigenvalue weighted by Gasteiger charge is 2.70. The van der Waals surface area contributed by atoms with Crippen molar-refractivity contribution >= 4 is 51.7 Å². The number of imide groups is 2. The summed E-state index contributed by atoms with van der Waals surface area (Å²) in [5.41, 5.74) is 5.18. The third-order valence-corrected chi connectivity index (χ3v) is 14.0. The number of phenolic OH excluding ortho intramolecular Hbond substituents is 1. The van der Waals surface area contributed by atoms with Gasteiger partial charge in [-0.1, -0.05) is 96.0 Å². The third kappa shape index (κ3) is 5.90. The molecule has 2 N–H and O–H groups in total. The summed E-state index contributed by atoms with van der Waals surface area (Å²) in [7, 11) is 0. The van der Waals surface area contributed by atoms with Crippen molar-refractivity contribution in [3.63, 3.8) is 0 Å². The van der Waals surface area contributed by atoms with Crippen LogP contribution in [0, 0.1) is 29.5 Å². The molecule has 0 aromatic heterocycles. The van der Waals surface area contributed by atoms with Crippen molar-refractivity contribution < 1.29 is 28.7 Å². The van der Waals surface area contributed by atoms with E-state index in [1.807, 2.05) is 48.5 Å². The van der Waals surface area contributed by atoms with Gasteiger partial charge in [0.05, 0.1) is 28.9 Å². The summed E-state index contributed by atoms with van der Waals surface area (Å²) in [6.07, 6.45) is 3.87. The van der Waals surface area contributed by atoms with Crippen LogP contribution in [0.2, 0.25) is 5.02 Å². The van der Waals surface area contributed by atoms with Crippen LogP contribution in [0.15, 0.2) is 127 Å². The summed E-state index contributed by atoms with van der Waals surface area (Å²) in [5.74, 6) is -5.32. The second-order valence-corrected chi connectivity index (χ2v) is 17.1. The first-order chi connectivity index (χ1) is 28.6. The summed E-state index contributed by atoms with van der Waals surface area (Å²) < 4.78 is 14.0. The number of nitrogens with zero attached hydrogens (tertiary/aromatic N) is 3. The predicted molar refractivity (Wildman–Crippen MR) is 221 cm³/mol. The maximum atomic E-state index is 15.6. The molecular weight excluding hydrogens is 767 g/mol. The van der Waals surface area contributed by atoms with Crippen LogP contribution in [0.3, 0.4) is 0 Å². The lowest BCUT2D eigenvalue weighted by molar-refractivity contribution is -0.144. The molecule has 11 heteroatoms. The zero-order chi connectivity index (χ0) is 40.6. The molecule has 5 aromatic rings. The topological polar surface area (TPSA) is 110 Å². The summed E-state index contributed by atoms with van der Waals surface area (Å²) in [5, 5.41) is 13.9. The van der Waals surface area contributed by atoms with E-state index in [0.29, 0.717) is 46.3 Å². The highest BCUT2D eigenvalue weighted by molar-refractivity contribution is 6.30. The van der Waals surface area contributed by atoms with Gasteiger partial charge < -0.3 is 5.11 Å². The number of likely N-dealkylation sites (tertiary alicyclic amines) is 2. The Labute approximate surface area is 346 Å². The van der Waals surface area contributed by atoms with Crippen molar-refractivity contribution in [1.29, 1.82) is 0 Å². The standard InChI is InChI=1S/C48H42ClFN4O5/c49-30-12-10-29(11-13-30)48-40(45(57)54(47(48)59)51-32-16-14-31(50)15-17-32)26-39-37(43(48)36-20-21-41(55)35-9-5-4-8-34(35)36)18-19-38-42(39)46(58)53(44(38)56)33-22-24-52(25-23-33)27-28-6-2-1-3-7-28/h1-18,20-21,33,38-40,42-43,51,55H,19,22-27H2. The van der Waals surface area contributed by atoms with Gasteiger partial charge in [-0.25, -0.2) is 4.39 Å². The van der Waals surface area contributed by atoms with Crippen molar-refractivity contribution in [2.24, 2.45) is 23.7 Å². The Morgan fingerprint density at radius 2 is 1.46 bits per heavy atom. The third-order valence-electron chi connectivity index (χ3n) is 13.7. The van der Waals surface area contributed by atoms with Crippen molar-refractivity contribution in [2.45, 2.75) is 49.6 Å². The number of aromatic hydroxyl groups is 1. The highest BCUT2D eigenvalue weighted by Crippen LogP contribution is 2.65. The van der Waals surface area contributed by atoms with Crippen LogP contribution >= 0.6 is 11.6 Å². The summed E-state index contributed by atoms with van der Waals surface area (Å²) >= 11 is 6.46. The van der Waals surface area contributed by atoms with E-state index in [1.54, 1.807) is 35.2 Å². The van der Waals surface area contributed by atoms with Crippen LogP contribution in [-0.2, 0) is 31.1 Å². The number of rotatable bonds is 7. The molecule has 2 aliphatic carbocycles. The monoisotopic (exact) mass is 808 g/mol. The van der Waals surface area contributed by atoms with E-state index < -0.39 is 52.6 Å². The number of hydrogen-bond acceptors (Lipinski definition) is 7. The molecule has 4 amide bonds. The van der Waals surface area contributed by atoms with E-state index in [4.69, 9.17) is 11.6 Å². The number of amides is 4. The van der Waals surface area contributed by atoms with E-state index >= 15 is 9.59 Å². The zero-order valence-corrected chi connectivity index (χ0v) is 32.9. The molecular formula is C48H42ClFN4O5. The molecule has 10 rings (SSSR count). The molecule has 0 radical (unpaired) electrons. The van der Waals surface area contributed by atoms with Gasteiger partial charge in [0.1, 0.15) is 11.6 Å². The average Bonchev–Trinajstić information content (AvgIpc) is 3.63. The SMILES string of the molecule is O=C1C2CC3C(=CCC4C(=O)N(C5CCN(Cc6ccccc6)CC5)C(=O)C43)C(c3ccc(O)c4ccccc34)C2(c2ccc(Cl)cc2)C(=O)N1Nc1ccc(F)cc1. The summed E-state index contributed by atoms with van der Waals surface area (Å²) in [6, 6.07) is 33.3. The molecule has 3 aliphatic heterocycles. The highest BCUT2D eigenvalue weighted by atomic mass is 35.5. The number of benzene rings is 5. The van der Waals surface area contributed by atoms with Gasteiger partial charge >= 0.3 is 0 Å². The molecule has 5 aliphatic rings. The van der Waals surface area contributed by atoms with E-state index in [1.165, 1.54) is 29.8 Å². The van der Waals surface area contributed by atoms with Crippen molar-refractivity contribution in [1.82, 2.24) is 14.8 Å². The minimum absolute atomic E-state index is 0.0712. The fourth-order valence-corrected chi connectivity index (χ4v) is 11.2. The minimum atomic E-state index is -1.53. The van der Waals surface area contributed by atoms with Gasteiger partial charge in [0.15, 0.2) is 0 Å². The number of hydrazine groups is 1. The van der Waals surface area contributed by atoms with E-state index in [9.17, 15) is 19.1 Å². The molecule has 1 saturated carbocycles.